The minimum Gasteiger partial charge on any atom is -1.00 e. The molecule has 0 saturated carbocycles. The monoisotopic (exact) mass is 780 g/mol. The van der Waals surface area contributed by atoms with Gasteiger partial charge < -0.3 is 24.8 Å². The van der Waals surface area contributed by atoms with Gasteiger partial charge in [0, 0.05) is 0 Å². The van der Waals surface area contributed by atoms with Crippen LogP contribution in [0.5, 0.6) is 0 Å². The van der Waals surface area contributed by atoms with Crippen molar-refractivity contribution < 1.29 is 49.6 Å². The first-order chi connectivity index (χ1) is 23.6. The quantitative estimate of drug-likeness (QED) is 0.194. The van der Waals surface area contributed by atoms with Crippen molar-refractivity contribution in [3.63, 3.8) is 0 Å². The molecule has 0 N–H and O–H groups in total. The van der Waals surface area contributed by atoms with Gasteiger partial charge >= 0.3 is 292 Å². The third kappa shape index (κ3) is 5.46. The van der Waals surface area contributed by atoms with Crippen LogP contribution in [0.1, 0.15) is 53.3 Å². The predicted octanol–water partition coefficient (Wildman–Crippen LogP) is 6.05. The molecule has 0 amide bonds. The van der Waals surface area contributed by atoms with Crippen LogP contribution in [0, 0.1) is 0 Å². The van der Waals surface area contributed by atoms with Crippen LogP contribution in [0.25, 0.3) is 38.3 Å². The summed E-state index contributed by atoms with van der Waals surface area (Å²) < 4.78 is 7.31. The van der Waals surface area contributed by atoms with E-state index in [0.717, 1.165) is 5.76 Å². The third-order valence-corrected chi connectivity index (χ3v) is 30.0. The van der Waals surface area contributed by atoms with Crippen LogP contribution >= 0.6 is 0 Å². The fourth-order valence-electron chi connectivity index (χ4n) is 8.69. The summed E-state index contributed by atoms with van der Waals surface area (Å²) in [5.74, 6) is 1.03. The molecule has 0 saturated heterocycles. The molecule has 7 aromatic rings. The third-order valence-electron chi connectivity index (χ3n) is 10.6. The largest absolute Gasteiger partial charge is 1.00 e. The maximum atomic E-state index is 6.44. The summed E-state index contributed by atoms with van der Waals surface area (Å²) in [5.41, 5.74) is 13.7. The molecule has 1 heterocycles. The average Bonchev–Trinajstić information content (AvgIpc) is 3.84. The van der Waals surface area contributed by atoms with E-state index in [1.165, 1.54) is 66.1 Å². The van der Waals surface area contributed by atoms with Crippen LogP contribution in [0.3, 0.4) is 0 Å². The number of allylic oxidation sites excluding steroid dienone is 2. The van der Waals surface area contributed by atoms with E-state index < -0.39 is 25.8 Å². The van der Waals surface area contributed by atoms with Gasteiger partial charge in [-0.3, -0.25) is 0 Å². The fraction of sp³-hybridized carbons (Fsp3) is 0.111. The van der Waals surface area contributed by atoms with Crippen molar-refractivity contribution >= 4 is 43.7 Å². The summed E-state index contributed by atoms with van der Waals surface area (Å²) in [6, 6.07) is 54.3. The van der Waals surface area contributed by atoms with Crippen LogP contribution in [0.4, 0.5) is 0 Å². The summed E-state index contributed by atoms with van der Waals surface area (Å²) in [5, 5.41) is 5.23. The Hall–Kier alpha value is -3.72. The van der Waals surface area contributed by atoms with Crippen molar-refractivity contribution in [2.75, 3.05) is 0 Å². The number of rotatable bonds is 5. The van der Waals surface area contributed by atoms with Crippen molar-refractivity contribution in [2.45, 2.75) is 27.3 Å². The second-order valence-corrected chi connectivity index (χ2v) is 31.2. The zero-order valence-electron chi connectivity index (χ0n) is 28.3. The van der Waals surface area contributed by atoms with E-state index in [-0.39, 0.29) is 24.8 Å². The number of hydrogen-bond donors (Lipinski definition) is 0. The summed E-state index contributed by atoms with van der Waals surface area (Å²) in [6.45, 7) is 7.70. The molecule has 0 spiro atoms. The summed E-state index contributed by atoms with van der Waals surface area (Å²) >= 11 is -2.52. The molecular weight excluding hydrogens is 747 g/mol. The van der Waals surface area contributed by atoms with Crippen molar-refractivity contribution in [3.8, 4) is 0 Å². The minimum atomic E-state index is -2.52. The Morgan fingerprint density at radius 1 is 0.500 bits per heavy atom. The van der Waals surface area contributed by atoms with Crippen LogP contribution in [-0.2, 0) is 20.4 Å². The molecular formula is C45H36Cl2OSiZr. The van der Waals surface area contributed by atoms with Gasteiger partial charge in [0.15, 0.2) is 0 Å². The van der Waals surface area contributed by atoms with Gasteiger partial charge in [-0.25, -0.2) is 0 Å². The number of benzene rings is 6. The molecule has 0 radical (unpaired) electrons. The first kappa shape index (κ1) is 34.7. The Kier molecular flexibility index (Phi) is 9.81. The molecule has 5 heteroatoms. The Labute approximate surface area is 314 Å². The first-order valence-electron chi connectivity index (χ1n) is 16.9. The number of hydrogen-bond acceptors (Lipinski definition) is 1. The number of furan rings is 1. The SMILES string of the molecule is CC1=C(c2cccc3ccccc23)c2ccccc2[CH]1[Zr+2]([CH]1C(c2ccco2)=C(c2cccc3ccccc23)c2ccccc21)=[Si](C)C.[Cl-].[Cl-]. The van der Waals surface area contributed by atoms with Crippen molar-refractivity contribution in [1.82, 2.24) is 0 Å². The molecule has 0 bridgehead atoms. The molecule has 2 unspecified atom stereocenters. The van der Waals surface area contributed by atoms with E-state index in [1.54, 1.807) is 11.1 Å². The van der Waals surface area contributed by atoms with E-state index in [4.69, 9.17) is 4.42 Å². The molecule has 244 valence electrons. The predicted molar refractivity (Wildman–Crippen MR) is 200 cm³/mol. The molecule has 50 heavy (non-hydrogen) atoms. The molecule has 2 aliphatic rings. The van der Waals surface area contributed by atoms with Gasteiger partial charge in [0.05, 0.1) is 0 Å². The van der Waals surface area contributed by atoms with Crippen LogP contribution in [0.15, 0.2) is 162 Å². The van der Waals surface area contributed by atoms with Gasteiger partial charge in [-0.15, -0.1) is 0 Å². The minimum absolute atomic E-state index is 0. The summed E-state index contributed by atoms with van der Waals surface area (Å²) in [6.07, 6.45) is 1.87. The topological polar surface area (TPSA) is 13.1 Å². The molecule has 6 aromatic carbocycles. The van der Waals surface area contributed by atoms with Crippen molar-refractivity contribution in [1.29, 1.82) is 0 Å². The zero-order chi connectivity index (χ0) is 32.4. The second-order valence-electron chi connectivity index (χ2n) is 13.4. The number of fused-ring (bicyclic) bond motifs is 4. The molecule has 0 fully saturated rings. The van der Waals surface area contributed by atoms with E-state index in [2.05, 4.69) is 166 Å². The van der Waals surface area contributed by atoms with Crippen LogP contribution in [0.2, 0.25) is 13.1 Å². The van der Waals surface area contributed by atoms with Gasteiger partial charge in [-0.05, 0) is 0 Å². The first-order valence-corrected chi connectivity index (χ1v) is 26.0. The van der Waals surface area contributed by atoms with Gasteiger partial charge in [0.2, 0.25) is 0 Å². The van der Waals surface area contributed by atoms with E-state index >= 15 is 0 Å². The van der Waals surface area contributed by atoms with Crippen molar-refractivity contribution in [2.24, 2.45) is 0 Å². The molecule has 2 aliphatic carbocycles. The van der Waals surface area contributed by atoms with E-state index in [1.807, 2.05) is 6.26 Å². The Morgan fingerprint density at radius 2 is 0.980 bits per heavy atom. The smallest absolute Gasteiger partial charge is 1.00 e. The van der Waals surface area contributed by atoms with Crippen molar-refractivity contribution in [3.05, 3.63) is 197 Å². The summed E-state index contributed by atoms with van der Waals surface area (Å²) in [7, 11) is 0. The van der Waals surface area contributed by atoms with Gasteiger partial charge in [-0.2, -0.15) is 0 Å². The van der Waals surface area contributed by atoms with Crippen LogP contribution in [-0.4, -0.2) is 5.43 Å². The standard InChI is InChI=1S/C23H15O.C20H15.C2H6Si.2ClH.Zr/c1-3-10-18-16(7-1)9-5-12-20(18)23-19-11-4-2-8-17(19)15-21(23)22-13-6-14-24-22;1-14-13-16-8-3-5-11-18(16)20(14)19-12-6-9-15-7-2-4-10-17(15)19;1-3-2;;;/h1-15H;2-13H,1H3;1-2H3;2*1H;/q;;;;;+2/p-2. The molecule has 2 atom stereocenters. The Bertz CT molecular complexity index is 2490. The second kappa shape index (κ2) is 14.1. The Morgan fingerprint density at radius 3 is 1.56 bits per heavy atom. The number of halogens is 2. The van der Waals surface area contributed by atoms with Crippen LogP contribution < -0.4 is 24.8 Å². The maximum Gasteiger partial charge on any atom is -1.00 e. The maximum absolute atomic E-state index is 6.44. The van der Waals surface area contributed by atoms with E-state index in [9.17, 15) is 0 Å². The van der Waals surface area contributed by atoms with Gasteiger partial charge in [0.1, 0.15) is 0 Å². The molecule has 1 aromatic heterocycles. The van der Waals surface area contributed by atoms with Gasteiger partial charge in [0.25, 0.3) is 0 Å². The molecule has 9 rings (SSSR count). The summed E-state index contributed by atoms with van der Waals surface area (Å²) in [4.78, 5) is 0. The zero-order valence-corrected chi connectivity index (χ0v) is 33.2. The van der Waals surface area contributed by atoms with Gasteiger partial charge in [-0.1, -0.05) is 0 Å². The normalized spacial score (nSPS) is 16.0. The van der Waals surface area contributed by atoms with E-state index in [0.29, 0.717) is 7.25 Å². The molecule has 0 aliphatic heterocycles. The molecule has 1 nitrogen and oxygen atoms in total. The fourth-order valence-corrected chi connectivity index (χ4v) is 29.0. The average molecular weight is 783 g/mol. The Balaban J connectivity index is 0.00000196.